The molecule has 1 unspecified atom stereocenters. The Morgan fingerprint density at radius 1 is 1.60 bits per heavy atom. The standard InChI is InChI=1S/C12H13N3O4S/c16-12(17)8-7-18-4-3-15(8)6-10-13-11(19-14-10)9-2-1-5-20-9/h1-2,5,8H,3-4,6-7H2,(H,16,17). The van der Waals surface area contributed by atoms with Crippen LogP contribution in [0.3, 0.4) is 0 Å². The zero-order chi connectivity index (χ0) is 13.9. The van der Waals surface area contributed by atoms with Crippen LogP contribution in [0.5, 0.6) is 0 Å². The Labute approximate surface area is 118 Å². The van der Waals surface area contributed by atoms with Gasteiger partial charge in [-0.1, -0.05) is 11.2 Å². The van der Waals surface area contributed by atoms with Gasteiger partial charge in [-0.05, 0) is 11.4 Å². The maximum absolute atomic E-state index is 11.2. The summed E-state index contributed by atoms with van der Waals surface area (Å²) in [6.07, 6.45) is 0. The Morgan fingerprint density at radius 2 is 2.50 bits per heavy atom. The number of carboxylic acids is 1. The number of morpholine rings is 1. The molecule has 0 aromatic carbocycles. The van der Waals surface area contributed by atoms with Crippen molar-refractivity contribution in [2.75, 3.05) is 19.8 Å². The Kier molecular flexibility index (Phi) is 3.77. The highest BCUT2D eigenvalue weighted by Gasteiger charge is 2.30. The van der Waals surface area contributed by atoms with E-state index in [9.17, 15) is 4.79 Å². The van der Waals surface area contributed by atoms with Crippen LogP contribution in [0.2, 0.25) is 0 Å². The summed E-state index contributed by atoms with van der Waals surface area (Å²) in [5.74, 6) is 0.0587. The summed E-state index contributed by atoms with van der Waals surface area (Å²) in [4.78, 5) is 18.2. The van der Waals surface area contributed by atoms with E-state index >= 15 is 0 Å². The predicted octanol–water partition coefficient (Wildman–Crippen LogP) is 1.08. The van der Waals surface area contributed by atoms with Crippen LogP contribution in [0, 0.1) is 0 Å². The van der Waals surface area contributed by atoms with Gasteiger partial charge in [0.05, 0.1) is 24.6 Å². The van der Waals surface area contributed by atoms with Gasteiger partial charge in [-0.3, -0.25) is 9.69 Å². The van der Waals surface area contributed by atoms with Crippen LogP contribution in [0.4, 0.5) is 0 Å². The van der Waals surface area contributed by atoms with Crippen molar-refractivity contribution in [1.82, 2.24) is 15.0 Å². The Bertz CT molecular complexity index is 583. The van der Waals surface area contributed by atoms with Crippen molar-refractivity contribution in [1.29, 1.82) is 0 Å². The minimum Gasteiger partial charge on any atom is -0.480 e. The molecule has 7 nitrogen and oxygen atoms in total. The molecule has 20 heavy (non-hydrogen) atoms. The number of carboxylic acid groups (broad SMARTS) is 1. The number of rotatable bonds is 4. The molecule has 1 atom stereocenters. The maximum Gasteiger partial charge on any atom is 0.323 e. The lowest BCUT2D eigenvalue weighted by molar-refractivity contribution is -0.150. The number of hydrogen-bond donors (Lipinski definition) is 1. The molecule has 8 heteroatoms. The lowest BCUT2D eigenvalue weighted by atomic mass is 10.2. The average molecular weight is 295 g/mol. The maximum atomic E-state index is 11.2. The Hall–Kier alpha value is -1.77. The Balaban J connectivity index is 1.72. The lowest BCUT2D eigenvalue weighted by Crippen LogP contribution is -2.49. The zero-order valence-electron chi connectivity index (χ0n) is 10.6. The summed E-state index contributed by atoms with van der Waals surface area (Å²) in [5, 5.41) is 15.0. The van der Waals surface area contributed by atoms with Crippen LogP contribution >= 0.6 is 11.3 Å². The molecule has 3 rings (SSSR count). The minimum absolute atomic E-state index is 0.185. The summed E-state index contributed by atoms with van der Waals surface area (Å²) in [5.41, 5.74) is 0. The van der Waals surface area contributed by atoms with Crippen LogP contribution in [-0.2, 0) is 16.1 Å². The van der Waals surface area contributed by atoms with Crippen LogP contribution in [0.15, 0.2) is 22.0 Å². The zero-order valence-corrected chi connectivity index (χ0v) is 11.4. The number of nitrogens with zero attached hydrogens (tertiary/aromatic N) is 3. The van der Waals surface area contributed by atoms with Gasteiger partial charge in [0.1, 0.15) is 6.04 Å². The molecule has 1 aliphatic heterocycles. The highest BCUT2D eigenvalue weighted by Crippen LogP contribution is 2.23. The summed E-state index contributed by atoms with van der Waals surface area (Å²) in [7, 11) is 0. The van der Waals surface area contributed by atoms with Gasteiger partial charge in [-0.25, -0.2) is 0 Å². The van der Waals surface area contributed by atoms with Gasteiger partial charge in [0, 0.05) is 6.54 Å². The molecule has 1 aliphatic rings. The third-order valence-corrected chi connectivity index (χ3v) is 3.93. The molecule has 0 spiro atoms. The third-order valence-electron chi connectivity index (χ3n) is 3.07. The molecular formula is C12H13N3O4S. The van der Waals surface area contributed by atoms with Gasteiger partial charge < -0.3 is 14.4 Å². The lowest BCUT2D eigenvalue weighted by Gasteiger charge is -2.31. The van der Waals surface area contributed by atoms with Crippen molar-refractivity contribution in [2.45, 2.75) is 12.6 Å². The second-order valence-corrected chi connectivity index (χ2v) is 5.34. The Morgan fingerprint density at radius 3 is 3.25 bits per heavy atom. The van der Waals surface area contributed by atoms with E-state index in [1.807, 2.05) is 17.5 Å². The molecule has 0 bridgehead atoms. The average Bonchev–Trinajstić information content (AvgIpc) is 3.09. The van der Waals surface area contributed by atoms with Crippen LogP contribution < -0.4 is 0 Å². The molecule has 1 saturated heterocycles. The first-order valence-electron chi connectivity index (χ1n) is 6.15. The normalized spacial score (nSPS) is 20.1. The van der Waals surface area contributed by atoms with E-state index in [1.54, 1.807) is 4.90 Å². The van der Waals surface area contributed by atoms with Gasteiger partial charge >= 0.3 is 5.97 Å². The SMILES string of the molecule is O=C(O)C1COCCN1Cc1noc(-c2cccs2)n1. The minimum atomic E-state index is -0.897. The van der Waals surface area contributed by atoms with Crippen molar-refractivity contribution in [3.05, 3.63) is 23.3 Å². The van der Waals surface area contributed by atoms with Crippen molar-refractivity contribution >= 4 is 17.3 Å². The molecule has 2 aromatic heterocycles. The fraction of sp³-hybridized carbons (Fsp3) is 0.417. The summed E-state index contributed by atoms with van der Waals surface area (Å²) < 4.78 is 10.4. The molecule has 106 valence electrons. The van der Waals surface area contributed by atoms with E-state index in [2.05, 4.69) is 10.1 Å². The van der Waals surface area contributed by atoms with Gasteiger partial charge in [0.15, 0.2) is 5.82 Å². The van der Waals surface area contributed by atoms with Crippen LogP contribution in [0.1, 0.15) is 5.82 Å². The molecule has 0 amide bonds. The van der Waals surface area contributed by atoms with Gasteiger partial charge in [0.25, 0.3) is 5.89 Å². The monoisotopic (exact) mass is 295 g/mol. The highest BCUT2D eigenvalue weighted by molar-refractivity contribution is 7.13. The molecule has 0 saturated carbocycles. The first kappa shape index (κ1) is 13.2. The van der Waals surface area contributed by atoms with Crippen molar-refractivity contribution in [3.8, 4) is 10.8 Å². The van der Waals surface area contributed by atoms with E-state index in [-0.39, 0.29) is 6.61 Å². The van der Waals surface area contributed by atoms with E-state index in [4.69, 9.17) is 14.4 Å². The number of ether oxygens (including phenoxy) is 1. The first-order valence-corrected chi connectivity index (χ1v) is 7.03. The smallest absolute Gasteiger partial charge is 0.323 e. The van der Waals surface area contributed by atoms with Gasteiger partial charge in [0.2, 0.25) is 0 Å². The molecular weight excluding hydrogens is 282 g/mol. The van der Waals surface area contributed by atoms with Crippen molar-refractivity contribution < 1.29 is 19.2 Å². The summed E-state index contributed by atoms with van der Waals surface area (Å²) in [6.45, 7) is 1.58. The van der Waals surface area contributed by atoms with E-state index in [0.717, 1.165) is 4.88 Å². The fourth-order valence-electron chi connectivity index (χ4n) is 2.05. The molecule has 0 radical (unpaired) electrons. The summed E-state index contributed by atoms with van der Waals surface area (Å²) >= 11 is 1.52. The van der Waals surface area contributed by atoms with Gasteiger partial charge in [-0.15, -0.1) is 11.3 Å². The largest absolute Gasteiger partial charge is 0.480 e. The van der Waals surface area contributed by atoms with E-state index in [1.165, 1.54) is 11.3 Å². The first-order chi connectivity index (χ1) is 9.74. The van der Waals surface area contributed by atoms with Gasteiger partial charge in [-0.2, -0.15) is 4.98 Å². The number of thiophene rings is 1. The van der Waals surface area contributed by atoms with Crippen molar-refractivity contribution in [3.63, 3.8) is 0 Å². The van der Waals surface area contributed by atoms with Crippen molar-refractivity contribution in [2.24, 2.45) is 0 Å². The fourth-order valence-corrected chi connectivity index (χ4v) is 2.70. The molecule has 1 N–H and O–H groups in total. The molecule has 3 heterocycles. The number of aliphatic carboxylic acids is 1. The topological polar surface area (TPSA) is 88.7 Å². The third kappa shape index (κ3) is 2.72. The van der Waals surface area contributed by atoms with Crippen LogP contribution in [-0.4, -0.2) is 51.9 Å². The number of aromatic nitrogens is 2. The summed E-state index contributed by atoms with van der Waals surface area (Å²) in [6, 6.07) is 3.15. The van der Waals surface area contributed by atoms with Crippen LogP contribution in [0.25, 0.3) is 10.8 Å². The highest BCUT2D eigenvalue weighted by atomic mass is 32.1. The van der Waals surface area contributed by atoms with E-state index < -0.39 is 12.0 Å². The molecule has 2 aromatic rings. The quantitative estimate of drug-likeness (QED) is 0.902. The molecule has 1 fully saturated rings. The number of carbonyl (C=O) groups is 1. The molecule has 0 aliphatic carbocycles. The second kappa shape index (κ2) is 5.70. The second-order valence-electron chi connectivity index (χ2n) is 4.39. The predicted molar refractivity (Wildman–Crippen MR) is 70.3 cm³/mol. The number of hydrogen-bond acceptors (Lipinski definition) is 7. The van der Waals surface area contributed by atoms with E-state index in [0.29, 0.717) is 31.4 Å².